The molecule has 0 aliphatic carbocycles. The third-order valence-electron chi connectivity index (χ3n) is 3.35. The lowest BCUT2D eigenvalue weighted by Gasteiger charge is -2.08. The minimum absolute atomic E-state index is 0.0258. The van der Waals surface area contributed by atoms with E-state index < -0.39 is 10.8 Å². The predicted octanol–water partition coefficient (Wildman–Crippen LogP) is 2.63. The first kappa shape index (κ1) is 17.1. The lowest BCUT2D eigenvalue weighted by molar-refractivity contribution is -0.383. The van der Waals surface area contributed by atoms with E-state index in [2.05, 4.69) is 10.3 Å². The Bertz CT molecular complexity index is 1030. The van der Waals surface area contributed by atoms with Gasteiger partial charge in [-0.2, -0.15) is 0 Å². The Morgan fingerprint density at radius 2 is 2.16 bits per heavy atom. The van der Waals surface area contributed by atoms with Crippen LogP contribution >= 0.6 is 23.1 Å². The Labute approximate surface area is 149 Å². The van der Waals surface area contributed by atoms with Crippen molar-refractivity contribution in [2.75, 3.05) is 11.1 Å². The van der Waals surface area contributed by atoms with Gasteiger partial charge in [-0.05, 0) is 17.5 Å². The number of nitrogens with one attached hydrogen (secondary N) is 1. The van der Waals surface area contributed by atoms with Crippen molar-refractivity contribution in [2.45, 2.75) is 5.16 Å². The average molecular weight is 376 g/mol. The van der Waals surface area contributed by atoms with Gasteiger partial charge in [-0.3, -0.25) is 24.3 Å². The number of nitro benzene ring substituents is 1. The van der Waals surface area contributed by atoms with Crippen molar-refractivity contribution in [1.82, 2.24) is 9.55 Å². The number of aromatic nitrogens is 2. The summed E-state index contributed by atoms with van der Waals surface area (Å²) in [6.07, 6.45) is 0. The van der Waals surface area contributed by atoms with E-state index >= 15 is 0 Å². The molecule has 0 saturated carbocycles. The number of thioether (sulfide) groups is 1. The van der Waals surface area contributed by atoms with Crippen LogP contribution in [0.1, 0.15) is 0 Å². The van der Waals surface area contributed by atoms with Gasteiger partial charge in [-0.1, -0.05) is 23.9 Å². The maximum absolute atomic E-state index is 12.2. The van der Waals surface area contributed by atoms with Gasteiger partial charge in [0.05, 0.1) is 16.2 Å². The number of carbonyl (C=O) groups is 1. The average Bonchev–Trinajstić information content (AvgIpc) is 3.05. The fourth-order valence-electron chi connectivity index (χ4n) is 2.15. The molecule has 0 aliphatic rings. The normalized spacial score (nSPS) is 10.8. The van der Waals surface area contributed by atoms with E-state index in [4.69, 9.17) is 0 Å². The van der Waals surface area contributed by atoms with Crippen molar-refractivity contribution in [3.63, 3.8) is 0 Å². The number of benzene rings is 1. The summed E-state index contributed by atoms with van der Waals surface area (Å²) in [5, 5.41) is 15.7. The van der Waals surface area contributed by atoms with Gasteiger partial charge in [0.2, 0.25) is 5.91 Å². The number of nitrogens with zero attached hydrogens (tertiary/aromatic N) is 3. The Morgan fingerprint density at radius 1 is 1.40 bits per heavy atom. The first-order chi connectivity index (χ1) is 12.0. The number of thiophene rings is 1. The van der Waals surface area contributed by atoms with Crippen molar-refractivity contribution < 1.29 is 9.72 Å². The summed E-state index contributed by atoms with van der Waals surface area (Å²) in [7, 11) is 1.59. The molecule has 3 rings (SSSR count). The molecule has 0 aliphatic heterocycles. The molecule has 2 aromatic heterocycles. The van der Waals surface area contributed by atoms with Crippen LogP contribution in [0.3, 0.4) is 0 Å². The van der Waals surface area contributed by atoms with Crippen molar-refractivity contribution in [3.05, 3.63) is 56.2 Å². The number of hydrogen-bond donors (Lipinski definition) is 1. The van der Waals surface area contributed by atoms with Gasteiger partial charge < -0.3 is 5.32 Å². The second-order valence-corrected chi connectivity index (χ2v) is 6.86. The third-order valence-corrected chi connectivity index (χ3v) is 5.28. The van der Waals surface area contributed by atoms with Crippen LogP contribution in [-0.4, -0.2) is 26.1 Å². The second kappa shape index (κ2) is 7.03. The van der Waals surface area contributed by atoms with Crippen LogP contribution in [0.5, 0.6) is 0 Å². The van der Waals surface area contributed by atoms with E-state index in [1.807, 2.05) is 0 Å². The highest BCUT2D eigenvalue weighted by atomic mass is 32.2. The minimum Gasteiger partial charge on any atom is -0.320 e. The number of carbonyl (C=O) groups excluding carboxylic acids is 1. The SMILES string of the molecule is Cn1c(SCC(=O)Nc2ccccc2[N+](=O)[O-])nc2ccsc2c1=O. The van der Waals surface area contributed by atoms with Gasteiger partial charge in [-0.25, -0.2) is 4.98 Å². The molecule has 0 radical (unpaired) electrons. The fourth-order valence-corrected chi connectivity index (χ4v) is 3.73. The number of hydrogen-bond acceptors (Lipinski definition) is 7. The summed E-state index contributed by atoms with van der Waals surface area (Å²) in [5.41, 5.74) is 0.385. The summed E-state index contributed by atoms with van der Waals surface area (Å²) in [4.78, 5) is 39.1. The number of para-hydroxylation sites is 2. The molecule has 1 aromatic carbocycles. The van der Waals surface area contributed by atoms with Crippen molar-refractivity contribution in [2.24, 2.45) is 7.05 Å². The predicted molar refractivity (Wildman–Crippen MR) is 97.3 cm³/mol. The first-order valence-corrected chi connectivity index (χ1v) is 8.94. The summed E-state index contributed by atoms with van der Waals surface area (Å²) in [5.74, 6) is -0.443. The molecule has 1 N–H and O–H groups in total. The molecule has 0 unspecified atom stereocenters. The molecule has 25 heavy (non-hydrogen) atoms. The second-order valence-electron chi connectivity index (χ2n) is 5.00. The van der Waals surface area contributed by atoms with Crippen LogP contribution in [0.2, 0.25) is 0 Å². The van der Waals surface area contributed by atoms with Gasteiger partial charge in [0.1, 0.15) is 10.4 Å². The van der Waals surface area contributed by atoms with Gasteiger partial charge in [0, 0.05) is 13.1 Å². The fraction of sp³-hybridized carbons (Fsp3) is 0.133. The van der Waals surface area contributed by atoms with Crippen LogP contribution < -0.4 is 10.9 Å². The summed E-state index contributed by atoms with van der Waals surface area (Å²) in [6, 6.07) is 7.66. The molecule has 0 saturated heterocycles. The highest BCUT2D eigenvalue weighted by Gasteiger charge is 2.16. The standard InChI is InChI=1S/C15H12N4O4S2/c1-18-14(21)13-10(6-7-24-13)17-15(18)25-8-12(20)16-9-4-2-3-5-11(9)19(22)23/h2-7H,8H2,1H3,(H,16,20). The van der Waals surface area contributed by atoms with Gasteiger partial charge >= 0.3 is 0 Å². The summed E-state index contributed by atoms with van der Waals surface area (Å²) in [6.45, 7) is 0. The Morgan fingerprint density at radius 3 is 2.92 bits per heavy atom. The molecular formula is C15H12N4O4S2. The van der Waals surface area contributed by atoms with Crippen LogP contribution in [0, 0.1) is 10.1 Å². The smallest absolute Gasteiger partial charge is 0.292 e. The van der Waals surface area contributed by atoms with E-state index in [1.54, 1.807) is 24.6 Å². The maximum atomic E-state index is 12.2. The molecule has 3 aromatic rings. The molecular weight excluding hydrogens is 364 g/mol. The number of fused-ring (bicyclic) bond motifs is 1. The lowest BCUT2D eigenvalue weighted by Crippen LogP contribution is -2.20. The van der Waals surface area contributed by atoms with E-state index in [0.29, 0.717) is 15.4 Å². The van der Waals surface area contributed by atoms with E-state index in [-0.39, 0.29) is 22.7 Å². The molecule has 10 heteroatoms. The zero-order chi connectivity index (χ0) is 18.0. The molecule has 0 atom stereocenters. The van der Waals surface area contributed by atoms with Crippen molar-refractivity contribution in [1.29, 1.82) is 0 Å². The molecule has 2 heterocycles. The molecule has 8 nitrogen and oxygen atoms in total. The summed E-state index contributed by atoms with van der Waals surface area (Å²) < 4.78 is 1.96. The third kappa shape index (κ3) is 3.54. The quantitative estimate of drug-likeness (QED) is 0.317. The zero-order valence-electron chi connectivity index (χ0n) is 13.0. The van der Waals surface area contributed by atoms with Crippen LogP contribution in [0.15, 0.2) is 45.7 Å². The first-order valence-electron chi connectivity index (χ1n) is 7.07. The number of rotatable bonds is 5. The minimum atomic E-state index is -0.557. The van der Waals surface area contributed by atoms with Crippen LogP contribution in [-0.2, 0) is 11.8 Å². The van der Waals surface area contributed by atoms with Gasteiger partial charge in [-0.15, -0.1) is 11.3 Å². The lowest BCUT2D eigenvalue weighted by atomic mass is 10.2. The number of anilines is 1. The summed E-state index contributed by atoms with van der Waals surface area (Å²) >= 11 is 2.41. The van der Waals surface area contributed by atoms with E-state index in [0.717, 1.165) is 11.8 Å². The Kier molecular flexibility index (Phi) is 4.81. The number of nitro groups is 1. The topological polar surface area (TPSA) is 107 Å². The molecule has 0 spiro atoms. The zero-order valence-corrected chi connectivity index (χ0v) is 14.6. The highest BCUT2D eigenvalue weighted by molar-refractivity contribution is 7.99. The van der Waals surface area contributed by atoms with Crippen molar-refractivity contribution >= 4 is 50.6 Å². The van der Waals surface area contributed by atoms with E-state index in [1.165, 1.54) is 34.1 Å². The van der Waals surface area contributed by atoms with Gasteiger partial charge in [0.15, 0.2) is 5.16 Å². The van der Waals surface area contributed by atoms with Crippen molar-refractivity contribution in [3.8, 4) is 0 Å². The van der Waals surface area contributed by atoms with E-state index in [9.17, 15) is 19.7 Å². The molecule has 0 bridgehead atoms. The Balaban J connectivity index is 1.74. The molecule has 1 amide bonds. The highest BCUT2D eigenvalue weighted by Crippen LogP contribution is 2.24. The van der Waals surface area contributed by atoms with Crippen LogP contribution in [0.25, 0.3) is 10.2 Å². The Hall–Kier alpha value is -2.72. The largest absolute Gasteiger partial charge is 0.320 e. The van der Waals surface area contributed by atoms with Gasteiger partial charge in [0.25, 0.3) is 11.2 Å². The number of amides is 1. The molecule has 0 fully saturated rings. The molecule has 128 valence electrons. The monoisotopic (exact) mass is 376 g/mol. The maximum Gasteiger partial charge on any atom is 0.292 e. The van der Waals surface area contributed by atoms with Crippen LogP contribution in [0.4, 0.5) is 11.4 Å².